The number of hydrogen-bond donors (Lipinski definition) is 2. The Morgan fingerprint density at radius 2 is 2.00 bits per heavy atom. The number of anilines is 1. The van der Waals surface area contributed by atoms with E-state index in [1.54, 1.807) is 18.2 Å². The van der Waals surface area contributed by atoms with E-state index in [1.165, 1.54) is 18.9 Å². The number of carbonyl (C=O) groups excluding carboxylic acids is 1. The summed E-state index contributed by atoms with van der Waals surface area (Å²) in [6.45, 7) is 2.53. The molecule has 1 amide bonds. The number of carbonyl (C=O) groups is 1. The Labute approximate surface area is 176 Å². The fraction of sp³-hybridized carbons (Fsp3) is 0.381. The Morgan fingerprint density at radius 3 is 2.69 bits per heavy atom. The van der Waals surface area contributed by atoms with Gasteiger partial charge in [0.2, 0.25) is 15.9 Å². The van der Waals surface area contributed by atoms with Gasteiger partial charge in [-0.25, -0.2) is 13.6 Å². The monoisotopic (exact) mass is 433 g/mol. The van der Waals surface area contributed by atoms with E-state index in [2.05, 4.69) is 10.2 Å². The van der Waals surface area contributed by atoms with Crippen LogP contribution in [0.5, 0.6) is 0 Å². The molecule has 0 atom stereocenters. The molecule has 1 aliphatic heterocycles. The summed E-state index contributed by atoms with van der Waals surface area (Å²) in [4.78, 5) is 15.0. The third-order valence-corrected chi connectivity index (χ3v) is 6.83. The number of amides is 1. The van der Waals surface area contributed by atoms with Crippen LogP contribution in [0, 0.1) is 5.92 Å². The minimum Gasteiger partial charge on any atom is -0.326 e. The van der Waals surface area contributed by atoms with Gasteiger partial charge in [-0.3, -0.25) is 9.69 Å². The predicted molar refractivity (Wildman–Crippen MR) is 113 cm³/mol. The molecule has 0 unspecified atom stereocenters. The highest BCUT2D eigenvalue weighted by molar-refractivity contribution is 7.89. The highest BCUT2D eigenvalue weighted by Gasteiger charge is 2.29. The second-order valence-electron chi connectivity index (χ2n) is 7.90. The van der Waals surface area contributed by atoms with Crippen molar-refractivity contribution in [2.75, 3.05) is 18.4 Å². The smallest absolute Gasteiger partial charge is 0.238 e. The summed E-state index contributed by atoms with van der Waals surface area (Å²) in [6, 6.07) is 10.5. The third-order valence-electron chi connectivity index (χ3n) is 5.49. The van der Waals surface area contributed by atoms with Crippen molar-refractivity contribution in [2.24, 2.45) is 11.1 Å². The summed E-state index contributed by atoms with van der Waals surface area (Å²) in [5, 5.41) is 8.81. The maximum Gasteiger partial charge on any atom is 0.238 e. The van der Waals surface area contributed by atoms with Gasteiger partial charge in [-0.05, 0) is 60.1 Å². The van der Waals surface area contributed by atoms with Gasteiger partial charge < -0.3 is 5.32 Å². The molecule has 154 valence electrons. The number of rotatable bonds is 6. The molecular weight excluding hydrogens is 410 g/mol. The molecule has 29 heavy (non-hydrogen) atoms. The van der Waals surface area contributed by atoms with E-state index in [1.807, 2.05) is 12.1 Å². The Hall–Kier alpha value is -1.93. The van der Waals surface area contributed by atoms with Crippen molar-refractivity contribution in [3.63, 3.8) is 0 Å². The molecule has 0 bridgehead atoms. The molecule has 4 rings (SSSR count). The summed E-state index contributed by atoms with van der Waals surface area (Å²) in [5.74, 6) is 0.497. The number of nitrogens with two attached hydrogens (primary N) is 1. The van der Waals surface area contributed by atoms with Gasteiger partial charge in [0.1, 0.15) is 0 Å². The lowest BCUT2D eigenvalue weighted by molar-refractivity contribution is -0.115. The first-order valence-corrected chi connectivity index (χ1v) is 11.7. The molecule has 0 aromatic heterocycles. The third kappa shape index (κ3) is 4.98. The fourth-order valence-corrected chi connectivity index (χ4v) is 4.96. The average Bonchev–Trinajstić information content (AvgIpc) is 3.46. The van der Waals surface area contributed by atoms with Gasteiger partial charge in [-0.1, -0.05) is 29.8 Å². The fourth-order valence-electron chi connectivity index (χ4n) is 3.89. The minimum atomic E-state index is -3.89. The van der Waals surface area contributed by atoms with Crippen LogP contribution in [0.25, 0.3) is 0 Å². The Kier molecular flexibility index (Phi) is 5.66. The molecule has 2 aromatic carbocycles. The Balaban J connectivity index is 1.58. The topological polar surface area (TPSA) is 92.5 Å². The zero-order valence-electron chi connectivity index (χ0n) is 16.0. The zero-order valence-corrected chi connectivity index (χ0v) is 17.6. The van der Waals surface area contributed by atoms with Gasteiger partial charge in [0.05, 0.1) is 11.3 Å². The normalized spacial score (nSPS) is 17.0. The van der Waals surface area contributed by atoms with Crippen LogP contribution in [0.3, 0.4) is 0 Å². The zero-order chi connectivity index (χ0) is 20.6. The molecule has 1 aliphatic carbocycles. The average molecular weight is 434 g/mol. The standard InChI is InChI=1S/C21H24ClN3O3S/c22-19-4-2-1-3-15(19)10-21(26)24-17-9-16-13-25(12-14-5-6-14)8-7-18(16)20(11-17)29(23,27)28/h1-4,9,11,14H,5-8,10,12-13H2,(H,24,26)(H2,23,27,28). The minimum absolute atomic E-state index is 0.106. The molecule has 1 saturated carbocycles. The lowest BCUT2D eigenvalue weighted by atomic mass is 9.98. The van der Waals surface area contributed by atoms with Gasteiger partial charge >= 0.3 is 0 Å². The molecule has 2 aromatic rings. The van der Waals surface area contributed by atoms with Crippen LogP contribution in [0.1, 0.15) is 29.5 Å². The largest absolute Gasteiger partial charge is 0.326 e. The summed E-state index contributed by atoms with van der Waals surface area (Å²) in [7, 11) is -3.89. The van der Waals surface area contributed by atoms with Crippen LogP contribution in [0.15, 0.2) is 41.3 Å². The van der Waals surface area contributed by atoms with Crippen molar-refractivity contribution >= 4 is 33.2 Å². The summed E-state index contributed by atoms with van der Waals surface area (Å²) in [6.07, 6.45) is 3.28. The van der Waals surface area contributed by atoms with Crippen molar-refractivity contribution < 1.29 is 13.2 Å². The van der Waals surface area contributed by atoms with Crippen LogP contribution in [-0.2, 0) is 34.2 Å². The quantitative estimate of drug-likeness (QED) is 0.732. The van der Waals surface area contributed by atoms with E-state index in [-0.39, 0.29) is 17.2 Å². The number of benzene rings is 2. The van der Waals surface area contributed by atoms with Gasteiger partial charge in [0.15, 0.2) is 0 Å². The van der Waals surface area contributed by atoms with Crippen LogP contribution in [0.4, 0.5) is 5.69 Å². The Bertz CT molecular complexity index is 1050. The van der Waals surface area contributed by atoms with E-state index in [0.717, 1.165) is 30.1 Å². The van der Waals surface area contributed by atoms with Crippen LogP contribution < -0.4 is 10.5 Å². The number of nitrogens with one attached hydrogen (secondary N) is 1. The molecule has 3 N–H and O–H groups in total. The van der Waals surface area contributed by atoms with E-state index in [0.29, 0.717) is 29.2 Å². The lowest BCUT2D eigenvalue weighted by Gasteiger charge is -2.30. The summed E-state index contributed by atoms with van der Waals surface area (Å²) < 4.78 is 24.4. The SMILES string of the molecule is NS(=O)(=O)c1cc(NC(=O)Cc2ccccc2Cl)cc2c1CCN(CC1CC1)C2. The summed E-state index contributed by atoms with van der Waals surface area (Å²) >= 11 is 6.13. The van der Waals surface area contributed by atoms with E-state index in [4.69, 9.17) is 16.7 Å². The highest BCUT2D eigenvalue weighted by atomic mass is 35.5. The maximum absolute atomic E-state index is 12.5. The first-order chi connectivity index (χ1) is 13.8. The van der Waals surface area contributed by atoms with Crippen molar-refractivity contribution in [3.8, 4) is 0 Å². The van der Waals surface area contributed by atoms with Crippen LogP contribution in [0.2, 0.25) is 5.02 Å². The maximum atomic E-state index is 12.5. The van der Waals surface area contributed by atoms with Gasteiger partial charge in [0, 0.05) is 30.3 Å². The molecule has 0 saturated heterocycles. The van der Waals surface area contributed by atoms with E-state index in [9.17, 15) is 13.2 Å². The number of fused-ring (bicyclic) bond motifs is 1. The second-order valence-corrected chi connectivity index (χ2v) is 9.84. The first-order valence-electron chi connectivity index (χ1n) is 9.74. The molecule has 0 radical (unpaired) electrons. The second kappa shape index (κ2) is 8.07. The molecule has 8 heteroatoms. The van der Waals surface area contributed by atoms with Gasteiger partial charge in [-0.15, -0.1) is 0 Å². The first kappa shape index (κ1) is 20.3. The number of nitrogens with zero attached hydrogens (tertiary/aromatic N) is 1. The van der Waals surface area contributed by atoms with Crippen molar-refractivity contribution in [2.45, 2.75) is 37.1 Å². The van der Waals surface area contributed by atoms with Gasteiger partial charge in [0.25, 0.3) is 0 Å². The van der Waals surface area contributed by atoms with Crippen LogP contribution in [-0.4, -0.2) is 32.3 Å². The number of halogens is 1. The van der Waals surface area contributed by atoms with Crippen molar-refractivity contribution in [1.82, 2.24) is 4.90 Å². The van der Waals surface area contributed by atoms with E-state index >= 15 is 0 Å². The van der Waals surface area contributed by atoms with Crippen molar-refractivity contribution in [1.29, 1.82) is 0 Å². The lowest BCUT2D eigenvalue weighted by Crippen LogP contribution is -2.33. The summed E-state index contributed by atoms with van der Waals surface area (Å²) in [5.41, 5.74) is 2.84. The highest BCUT2D eigenvalue weighted by Crippen LogP contribution is 2.34. The molecule has 0 spiro atoms. The van der Waals surface area contributed by atoms with Gasteiger partial charge in [-0.2, -0.15) is 0 Å². The molecule has 1 heterocycles. The molecular formula is C21H24ClN3O3S. The number of hydrogen-bond acceptors (Lipinski definition) is 4. The Morgan fingerprint density at radius 1 is 1.24 bits per heavy atom. The van der Waals surface area contributed by atoms with Crippen LogP contribution >= 0.6 is 11.6 Å². The van der Waals surface area contributed by atoms with E-state index < -0.39 is 10.0 Å². The molecule has 6 nitrogen and oxygen atoms in total. The van der Waals surface area contributed by atoms with Crippen molar-refractivity contribution in [3.05, 3.63) is 58.1 Å². The molecule has 2 aliphatic rings. The number of primary sulfonamides is 1. The number of sulfonamides is 1. The molecule has 1 fully saturated rings. The predicted octanol–water partition coefficient (Wildman–Crippen LogP) is 2.94.